The predicted molar refractivity (Wildman–Crippen MR) is 170 cm³/mol. The summed E-state index contributed by atoms with van der Waals surface area (Å²) >= 11 is 0. The van der Waals surface area contributed by atoms with Gasteiger partial charge in [-0.15, -0.1) is 0 Å². The fraction of sp³-hybridized carbons (Fsp3) is 0.182. The number of fused-ring (bicyclic) bond motifs is 1. The lowest BCUT2D eigenvalue weighted by atomic mass is 9.96. The normalized spacial score (nSPS) is 11.3. The van der Waals surface area contributed by atoms with E-state index in [0.29, 0.717) is 22.0 Å². The summed E-state index contributed by atoms with van der Waals surface area (Å²) in [6, 6.07) is 20.7. The third-order valence-electron chi connectivity index (χ3n) is 7.25. The second-order valence-corrected chi connectivity index (χ2v) is 10.6. The topological polar surface area (TPSA) is 152 Å². The van der Waals surface area contributed by atoms with E-state index in [9.17, 15) is 25.0 Å². The van der Waals surface area contributed by atoms with Crippen LogP contribution in [0.2, 0.25) is 0 Å². The Kier molecular flexibility index (Phi) is 8.66. The zero-order valence-corrected chi connectivity index (χ0v) is 25.0. The van der Waals surface area contributed by atoms with Crippen molar-refractivity contribution in [2.45, 2.75) is 33.3 Å². The Morgan fingerprint density at radius 3 is 2.29 bits per heavy atom. The number of nitro benzene ring substituents is 2. The van der Waals surface area contributed by atoms with Gasteiger partial charge in [0.1, 0.15) is 18.1 Å². The van der Waals surface area contributed by atoms with Crippen LogP contribution in [0.4, 0.5) is 11.4 Å². The molecule has 12 heteroatoms. The van der Waals surface area contributed by atoms with Crippen molar-refractivity contribution in [2.75, 3.05) is 7.11 Å². The van der Waals surface area contributed by atoms with Crippen molar-refractivity contribution in [1.82, 2.24) is 9.66 Å². The lowest BCUT2D eigenvalue weighted by Crippen LogP contribution is -2.21. The standard InChI is InChI=1S/C33H29N5O7/c1-20(2)27-17-28(21(3)15-31(27)44-4)32-35-29-8-6-5-7-26(29)33(39)36(32)34-18-23-16-25(38(42)43)13-14-30(23)45-19-22-9-11-24(12-10-22)37(40)41/h5-18,20H,19H2,1-4H3. The van der Waals surface area contributed by atoms with Gasteiger partial charge in [0.25, 0.3) is 16.9 Å². The Morgan fingerprint density at radius 1 is 0.933 bits per heavy atom. The number of methoxy groups -OCH3 is 1. The van der Waals surface area contributed by atoms with Crippen LogP contribution in [0.5, 0.6) is 11.5 Å². The van der Waals surface area contributed by atoms with Gasteiger partial charge in [-0.1, -0.05) is 26.0 Å². The molecule has 0 N–H and O–H groups in total. The molecule has 5 rings (SSSR count). The summed E-state index contributed by atoms with van der Waals surface area (Å²) in [6.45, 7) is 6.00. The molecule has 1 aromatic heterocycles. The van der Waals surface area contributed by atoms with E-state index in [1.165, 1.54) is 41.2 Å². The van der Waals surface area contributed by atoms with Crippen LogP contribution in [-0.2, 0) is 6.61 Å². The highest BCUT2D eigenvalue weighted by molar-refractivity contribution is 5.85. The summed E-state index contributed by atoms with van der Waals surface area (Å²) in [6.07, 6.45) is 1.32. The first kappa shape index (κ1) is 30.5. The Bertz CT molecular complexity index is 2020. The number of para-hydroxylation sites is 1. The number of nitro groups is 2. The van der Waals surface area contributed by atoms with Gasteiger partial charge in [0.15, 0.2) is 5.82 Å². The van der Waals surface area contributed by atoms with Crippen LogP contribution in [0.1, 0.15) is 42.0 Å². The average molecular weight is 608 g/mol. The number of nitrogens with zero attached hydrogens (tertiary/aromatic N) is 5. The van der Waals surface area contributed by atoms with Crippen LogP contribution < -0.4 is 15.0 Å². The number of aromatic nitrogens is 2. The molecule has 0 spiro atoms. The molecular formula is C33H29N5O7. The molecule has 0 bridgehead atoms. The van der Waals surface area contributed by atoms with Gasteiger partial charge in [0.2, 0.25) is 0 Å². The molecule has 45 heavy (non-hydrogen) atoms. The highest BCUT2D eigenvalue weighted by Crippen LogP contribution is 2.34. The van der Waals surface area contributed by atoms with Crippen LogP contribution in [-0.4, -0.2) is 32.8 Å². The zero-order valence-electron chi connectivity index (χ0n) is 25.0. The fourth-order valence-corrected chi connectivity index (χ4v) is 4.85. The maximum Gasteiger partial charge on any atom is 0.282 e. The number of hydrogen-bond donors (Lipinski definition) is 0. The summed E-state index contributed by atoms with van der Waals surface area (Å²) < 4.78 is 12.7. The summed E-state index contributed by atoms with van der Waals surface area (Å²) in [4.78, 5) is 40.2. The Labute approximate surface area is 257 Å². The molecule has 12 nitrogen and oxygen atoms in total. The first-order valence-corrected chi connectivity index (χ1v) is 14.0. The minimum Gasteiger partial charge on any atom is -0.496 e. The minimum atomic E-state index is -0.541. The molecule has 228 valence electrons. The SMILES string of the molecule is COc1cc(C)c(-c2nc3ccccc3c(=O)n2N=Cc2cc([N+](=O)[O-])ccc2OCc2ccc([N+](=O)[O-])cc2)cc1C(C)C. The molecule has 0 saturated heterocycles. The van der Waals surface area contributed by atoms with E-state index in [1.54, 1.807) is 43.5 Å². The summed E-state index contributed by atoms with van der Waals surface area (Å²) in [5.41, 5.74) is 3.12. The molecule has 0 aliphatic carbocycles. The van der Waals surface area contributed by atoms with Gasteiger partial charge >= 0.3 is 0 Å². The van der Waals surface area contributed by atoms with Crippen molar-refractivity contribution in [3.63, 3.8) is 0 Å². The van der Waals surface area contributed by atoms with Crippen LogP contribution in [0.3, 0.4) is 0 Å². The first-order chi connectivity index (χ1) is 21.6. The highest BCUT2D eigenvalue weighted by atomic mass is 16.6. The molecule has 0 amide bonds. The molecule has 4 aromatic carbocycles. The second-order valence-electron chi connectivity index (χ2n) is 10.6. The van der Waals surface area contributed by atoms with Crippen molar-refractivity contribution >= 4 is 28.5 Å². The number of benzene rings is 4. The lowest BCUT2D eigenvalue weighted by Gasteiger charge is -2.17. The monoisotopic (exact) mass is 607 g/mol. The molecule has 0 saturated carbocycles. The molecule has 0 atom stereocenters. The molecular weight excluding hydrogens is 578 g/mol. The van der Waals surface area contributed by atoms with E-state index in [1.807, 2.05) is 32.9 Å². The predicted octanol–water partition coefficient (Wildman–Crippen LogP) is 6.78. The van der Waals surface area contributed by atoms with Gasteiger partial charge in [-0.3, -0.25) is 25.0 Å². The third kappa shape index (κ3) is 6.39. The second kappa shape index (κ2) is 12.8. The van der Waals surface area contributed by atoms with E-state index in [2.05, 4.69) is 5.10 Å². The molecule has 0 aliphatic rings. The van der Waals surface area contributed by atoms with Crippen LogP contribution in [0, 0.1) is 27.2 Å². The average Bonchev–Trinajstić information content (AvgIpc) is 3.03. The highest BCUT2D eigenvalue weighted by Gasteiger charge is 2.19. The largest absolute Gasteiger partial charge is 0.496 e. The van der Waals surface area contributed by atoms with E-state index < -0.39 is 15.4 Å². The smallest absolute Gasteiger partial charge is 0.282 e. The van der Waals surface area contributed by atoms with Crippen molar-refractivity contribution in [2.24, 2.45) is 5.10 Å². The number of aryl methyl sites for hydroxylation is 1. The maximum atomic E-state index is 13.8. The zero-order chi connectivity index (χ0) is 32.2. The Morgan fingerprint density at radius 2 is 1.62 bits per heavy atom. The number of rotatable bonds is 10. The van der Waals surface area contributed by atoms with E-state index >= 15 is 0 Å². The first-order valence-electron chi connectivity index (χ1n) is 14.0. The summed E-state index contributed by atoms with van der Waals surface area (Å²) in [5.74, 6) is 1.38. The van der Waals surface area contributed by atoms with Gasteiger partial charge in [0, 0.05) is 35.4 Å². The van der Waals surface area contributed by atoms with Crippen LogP contribution in [0.15, 0.2) is 88.8 Å². The lowest BCUT2D eigenvalue weighted by molar-refractivity contribution is -0.385. The quantitative estimate of drug-likeness (QED) is 0.0957. The Balaban J connectivity index is 1.63. The van der Waals surface area contributed by atoms with Crippen LogP contribution in [0.25, 0.3) is 22.3 Å². The van der Waals surface area contributed by atoms with Crippen molar-refractivity contribution < 1.29 is 19.3 Å². The number of hydrogen-bond acceptors (Lipinski definition) is 9. The van der Waals surface area contributed by atoms with Gasteiger partial charge in [-0.25, -0.2) is 4.98 Å². The van der Waals surface area contributed by atoms with Gasteiger partial charge in [-0.2, -0.15) is 9.78 Å². The van der Waals surface area contributed by atoms with Crippen molar-refractivity contribution in [1.29, 1.82) is 0 Å². The van der Waals surface area contributed by atoms with E-state index in [-0.39, 0.29) is 41.0 Å². The number of non-ortho nitro benzene ring substituents is 2. The van der Waals surface area contributed by atoms with Gasteiger partial charge in [-0.05, 0) is 72.0 Å². The summed E-state index contributed by atoms with van der Waals surface area (Å²) in [7, 11) is 1.61. The van der Waals surface area contributed by atoms with Crippen molar-refractivity contribution in [3.05, 3.63) is 132 Å². The third-order valence-corrected chi connectivity index (χ3v) is 7.25. The fourth-order valence-electron chi connectivity index (χ4n) is 4.85. The van der Waals surface area contributed by atoms with E-state index in [4.69, 9.17) is 14.5 Å². The molecule has 0 unspecified atom stereocenters. The summed E-state index contributed by atoms with van der Waals surface area (Å²) in [5, 5.41) is 27.5. The van der Waals surface area contributed by atoms with Crippen LogP contribution >= 0.6 is 0 Å². The van der Waals surface area contributed by atoms with Gasteiger partial charge < -0.3 is 9.47 Å². The maximum absolute atomic E-state index is 13.8. The molecule has 0 aliphatic heterocycles. The van der Waals surface area contributed by atoms with Crippen molar-refractivity contribution in [3.8, 4) is 22.9 Å². The molecule has 1 heterocycles. The molecule has 0 fully saturated rings. The Hall–Kier alpha value is -5.91. The molecule has 5 aromatic rings. The number of ether oxygens (including phenoxy) is 2. The van der Waals surface area contributed by atoms with Gasteiger partial charge in [0.05, 0.1) is 34.1 Å². The minimum absolute atomic E-state index is 0.0302. The molecule has 0 radical (unpaired) electrons. The van der Waals surface area contributed by atoms with E-state index in [0.717, 1.165) is 16.9 Å².